The molecule has 1 aliphatic heterocycles. The molecule has 0 aromatic heterocycles. The molecule has 1 saturated heterocycles. The van der Waals surface area contributed by atoms with Gasteiger partial charge in [-0.25, -0.2) is 8.78 Å². The molecule has 0 spiro atoms. The molecule has 0 radical (unpaired) electrons. The highest BCUT2D eigenvalue weighted by Crippen LogP contribution is 2.26. The molecule has 2 rings (SSSR count). The van der Waals surface area contributed by atoms with E-state index in [2.05, 4.69) is 10.6 Å². The summed E-state index contributed by atoms with van der Waals surface area (Å²) in [5, 5.41) is 5.96. The van der Waals surface area contributed by atoms with Gasteiger partial charge >= 0.3 is 0 Å². The van der Waals surface area contributed by atoms with E-state index in [-0.39, 0.29) is 23.6 Å². The van der Waals surface area contributed by atoms with Gasteiger partial charge in [0.05, 0.1) is 0 Å². The summed E-state index contributed by atoms with van der Waals surface area (Å²) in [7, 11) is 0. The Balaban J connectivity index is 2.24. The molecule has 0 bridgehead atoms. The lowest BCUT2D eigenvalue weighted by Gasteiger charge is -2.39. The number of hydrogen-bond acceptors (Lipinski definition) is 3. The topological polar surface area (TPSA) is 44.4 Å². The van der Waals surface area contributed by atoms with Crippen LogP contribution in [-0.2, 0) is 4.79 Å². The maximum absolute atomic E-state index is 14.0. The number of rotatable bonds is 4. The van der Waals surface area contributed by atoms with Crippen molar-refractivity contribution in [1.29, 1.82) is 0 Å². The maximum Gasteiger partial charge on any atom is 0.238 e. The Hall–Kier alpha value is -1.53. The molecule has 2 N–H and O–H groups in total. The van der Waals surface area contributed by atoms with Gasteiger partial charge in [-0.3, -0.25) is 9.69 Å². The molecule has 0 aliphatic carbocycles. The van der Waals surface area contributed by atoms with Crippen molar-refractivity contribution in [3.8, 4) is 0 Å². The summed E-state index contributed by atoms with van der Waals surface area (Å²) in [6.45, 7) is 6.04. The standard InChI is InChI=1S/C15H21F2N3O/c1-3-19-15(21)13-9-18-7-8-20(13)10(2)11-5-4-6-12(16)14(11)17/h4-6,10,13,18H,3,7-9H2,1-2H3,(H,19,21). The first-order chi connectivity index (χ1) is 10.1. The van der Waals surface area contributed by atoms with Gasteiger partial charge in [0.15, 0.2) is 11.6 Å². The van der Waals surface area contributed by atoms with Crippen molar-refractivity contribution < 1.29 is 13.6 Å². The maximum atomic E-state index is 14.0. The first-order valence-electron chi connectivity index (χ1n) is 7.24. The fourth-order valence-electron chi connectivity index (χ4n) is 2.74. The number of nitrogens with zero attached hydrogens (tertiary/aromatic N) is 1. The van der Waals surface area contributed by atoms with E-state index in [9.17, 15) is 13.6 Å². The van der Waals surface area contributed by atoms with Crippen LogP contribution < -0.4 is 10.6 Å². The van der Waals surface area contributed by atoms with Crippen LogP contribution in [0.25, 0.3) is 0 Å². The number of piperazine rings is 1. The molecular weight excluding hydrogens is 276 g/mol. The van der Waals surface area contributed by atoms with Crippen molar-refractivity contribution in [3.63, 3.8) is 0 Å². The summed E-state index contributed by atoms with van der Waals surface area (Å²) in [5.74, 6) is -1.78. The lowest BCUT2D eigenvalue weighted by Crippen LogP contribution is -2.58. The minimum atomic E-state index is -0.857. The number of carbonyl (C=O) groups excluding carboxylic acids is 1. The quantitative estimate of drug-likeness (QED) is 0.884. The lowest BCUT2D eigenvalue weighted by molar-refractivity contribution is -0.128. The zero-order chi connectivity index (χ0) is 15.4. The van der Waals surface area contributed by atoms with E-state index in [4.69, 9.17) is 0 Å². The van der Waals surface area contributed by atoms with Crippen LogP contribution in [0.3, 0.4) is 0 Å². The smallest absolute Gasteiger partial charge is 0.238 e. The fraction of sp³-hybridized carbons (Fsp3) is 0.533. The molecule has 21 heavy (non-hydrogen) atoms. The van der Waals surface area contributed by atoms with Gasteiger partial charge in [-0.15, -0.1) is 0 Å². The number of likely N-dealkylation sites (N-methyl/N-ethyl adjacent to an activating group) is 1. The third-order valence-electron chi connectivity index (χ3n) is 3.87. The van der Waals surface area contributed by atoms with E-state index < -0.39 is 11.6 Å². The highest BCUT2D eigenvalue weighted by molar-refractivity contribution is 5.82. The molecule has 1 heterocycles. The molecular formula is C15H21F2N3O. The van der Waals surface area contributed by atoms with E-state index in [1.54, 1.807) is 13.0 Å². The van der Waals surface area contributed by atoms with Crippen LogP contribution in [0.2, 0.25) is 0 Å². The van der Waals surface area contributed by atoms with Crippen LogP contribution in [0.5, 0.6) is 0 Å². The van der Waals surface area contributed by atoms with E-state index >= 15 is 0 Å². The second kappa shape index (κ2) is 6.95. The molecule has 1 amide bonds. The van der Waals surface area contributed by atoms with Gasteiger partial charge in [0.2, 0.25) is 5.91 Å². The van der Waals surface area contributed by atoms with Crippen LogP contribution in [0.4, 0.5) is 8.78 Å². The Kier molecular flexibility index (Phi) is 5.25. The van der Waals surface area contributed by atoms with Crippen LogP contribution in [0.1, 0.15) is 25.5 Å². The zero-order valence-corrected chi connectivity index (χ0v) is 12.3. The number of nitrogens with one attached hydrogen (secondary N) is 2. The molecule has 1 aliphatic rings. The van der Waals surface area contributed by atoms with Crippen LogP contribution >= 0.6 is 0 Å². The largest absolute Gasteiger partial charge is 0.355 e. The van der Waals surface area contributed by atoms with E-state index in [0.29, 0.717) is 19.6 Å². The Labute approximate surface area is 123 Å². The van der Waals surface area contributed by atoms with Crippen molar-refractivity contribution in [2.24, 2.45) is 0 Å². The number of hydrogen-bond donors (Lipinski definition) is 2. The minimum absolute atomic E-state index is 0.0895. The number of benzene rings is 1. The third kappa shape index (κ3) is 3.39. The summed E-state index contributed by atoms with van der Waals surface area (Å²) in [6, 6.07) is 3.42. The Bertz CT molecular complexity index is 510. The summed E-state index contributed by atoms with van der Waals surface area (Å²) in [4.78, 5) is 14.1. The van der Waals surface area contributed by atoms with Gasteiger partial charge in [-0.2, -0.15) is 0 Å². The monoisotopic (exact) mass is 297 g/mol. The van der Waals surface area contributed by atoms with Crippen molar-refractivity contribution in [2.75, 3.05) is 26.2 Å². The molecule has 4 nitrogen and oxygen atoms in total. The second-order valence-corrected chi connectivity index (χ2v) is 5.17. The van der Waals surface area contributed by atoms with Gasteiger partial charge < -0.3 is 10.6 Å². The van der Waals surface area contributed by atoms with Gasteiger partial charge in [-0.1, -0.05) is 12.1 Å². The molecule has 1 aromatic carbocycles. The molecule has 116 valence electrons. The molecule has 6 heteroatoms. The fourth-order valence-corrected chi connectivity index (χ4v) is 2.74. The van der Waals surface area contributed by atoms with E-state index in [1.165, 1.54) is 6.07 Å². The number of carbonyl (C=O) groups is 1. The van der Waals surface area contributed by atoms with Crippen molar-refractivity contribution in [2.45, 2.75) is 25.9 Å². The second-order valence-electron chi connectivity index (χ2n) is 5.17. The highest BCUT2D eigenvalue weighted by atomic mass is 19.2. The molecule has 1 fully saturated rings. The number of halogens is 2. The van der Waals surface area contributed by atoms with Gasteiger partial charge in [0, 0.05) is 37.8 Å². The average Bonchev–Trinajstić information content (AvgIpc) is 2.49. The molecule has 2 atom stereocenters. The normalized spacial score (nSPS) is 21.0. The molecule has 1 aromatic rings. The van der Waals surface area contributed by atoms with Gasteiger partial charge in [0.25, 0.3) is 0 Å². The van der Waals surface area contributed by atoms with Crippen molar-refractivity contribution >= 4 is 5.91 Å². The molecule has 0 saturated carbocycles. The van der Waals surface area contributed by atoms with Gasteiger partial charge in [-0.05, 0) is 19.9 Å². The zero-order valence-electron chi connectivity index (χ0n) is 12.3. The Morgan fingerprint density at radius 3 is 3.00 bits per heavy atom. The van der Waals surface area contributed by atoms with Crippen molar-refractivity contribution in [1.82, 2.24) is 15.5 Å². The Morgan fingerprint density at radius 2 is 2.29 bits per heavy atom. The average molecular weight is 297 g/mol. The van der Waals surface area contributed by atoms with E-state index in [0.717, 1.165) is 12.6 Å². The number of amides is 1. The van der Waals surface area contributed by atoms with Crippen LogP contribution in [0.15, 0.2) is 18.2 Å². The predicted molar refractivity (Wildman–Crippen MR) is 76.8 cm³/mol. The predicted octanol–water partition coefficient (Wildman–Crippen LogP) is 1.44. The van der Waals surface area contributed by atoms with Crippen molar-refractivity contribution in [3.05, 3.63) is 35.4 Å². The van der Waals surface area contributed by atoms with E-state index in [1.807, 2.05) is 11.8 Å². The Morgan fingerprint density at radius 1 is 1.52 bits per heavy atom. The van der Waals surface area contributed by atoms with Gasteiger partial charge in [0.1, 0.15) is 6.04 Å². The van der Waals surface area contributed by atoms with Crippen LogP contribution in [0, 0.1) is 11.6 Å². The third-order valence-corrected chi connectivity index (χ3v) is 3.87. The minimum Gasteiger partial charge on any atom is -0.355 e. The lowest BCUT2D eigenvalue weighted by atomic mass is 10.0. The van der Waals surface area contributed by atoms with Crippen LogP contribution in [-0.4, -0.2) is 43.0 Å². The molecule has 2 unspecified atom stereocenters. The summed E-state index contributed by atoms with van der Waals surface area (Å²) in [6.07, 6.45) is 0. The summed E-state index contributed by atoms with van der Waals surface area (Å²) in [5.41, 5.74) is 0.284. The SMILES string of the molecule is CCNC(=O)C1CNCCN1C(C)c1cccc(F)c1F. The highest BCUT2D eigenvalue weighted by Gasteiger charge is 2.33. The summed E-state index contributed by atoms with van der Waals surface area (Å²) < 4.78 is 27.4. The first-order valence-corrected chi connectivity index (χ1v) is 7.24. The first kappa shape index (κ1) is 15.9. The summed E-state index contributed by atoms with van der Waals surface area (Å²) >= 11 is 0.